The minimum atomic E-state index is -0.731. The average Bonchev–Trinajstić information content (AvgIpc) is 2.27. The summed E-state index contributed by atoms with van der Waals surface area (Å²) in [4.78, 5) is 11.1. The van der Waals surface area contributed by atoms with Crippen LogP contribution in [0, 0.1) is 0 Å². The fourth-order valence-electron chi connectivity index (χ4n) is 1.13. The van der Waals surface area contributed by atoms with Gasteiger partial charge in [-0.3, -0.25) is 4.79 Å². The van der Waals surface area contributed by atoms with Crippen molar-refractivity contribution in [3.63, 3.8) is 0 Å². The molecule has 0 bridgehead atoms. The van der Waals surface area contributed by atoms with E-state index in [9.17, 15) is 4.79 Å². The van der Waals surface area contributed by atoms with Gasteiger partial charge in [0.05, 0.1) is 0 Å². The highest BCUT2D eigenvalue weighted by Crippen LogP contribution is 2.31. The molecule has 0 radical (unpaired) electrons. The molecule has 1 rings (SSSR count). The molecule has 15 heavy (non-hydrogen) atoms. The van der Waals surface area contributed by atoms with Gasteiger partial charge in [-0.1, -0.05) is 37.3 Å². The fraction of sp³-hybridized carbons (Fsp3) is 0.417. The Labute approximate surface area is 94.7 Å². The molecule has 1 N–H and O–H groups in total. The first-order chi connectivity index (χ1) is 7.08. The summed E-state index contributed by atoms with van der Waals surface area (Å²) in [7, 11) is 0. The molecule has 0 aliphatic rings. The van der Waals surface area contributed by atoms with Gasteiger partial charge in [0.2, 0.25) is 0 Å². The van der Waals surface area contributed by atoms with Crippen LogP contribution in [-0.2, 0) is 10.5 Å². The SMILES string of the molecule is CCC(C)(SCc1ccccc1)C(=O)O. The standard InChI is InChI=1S/C12H16O2S/c1-3-12(2,11(13)14)15-9-10-7-5-4-6-8-10/h4-8H,3,9H2,1-2H3,(H,13,14). The van der Waals surface area contributed by atoms with E-state index in [0.29, 0.717) is 6.42 Å². The molecule has 0 aromatic heterocycles. The van der Waals surface area contributed by atoms with Crippen molar-refractivity contribution in [1.29, 1.82) is 0 Å². The largest absolute Gasteiger partial charge is 0.480 e. The highest BCUT2D eigenvalue weighted by molar-refractivity contribution is 8.00. The molecule has 0 fully saturated rings. The summed E-state index contributed by atoms with van der Waals surface area (Å²) < 4.78 is -0.671. The Kier molecular flexibility index (Phi) is 4.21. The van der Waals surface area contributed by atoms with E-state index < -0.39 is 10.7 Å². The van der Waals surface area contributed by atoms with Crippen LogP contribution in [0.25, 0.3) is 0 Å². The average molecular weight is 224 g/mol. The van der Waals surface area contributed by atoms with Gasteiger partial charge < -0.3 is 5.11 Å². The highest BCUT2D eigenvalue weighted by Gasteiger charge is 2.31. The van der Waals surface area contributed by atoms with Crippen molar-refractivity contribution in [1.82, 2.24) is 0 Å². The van der Waals surface area contributed by atoms with E-state index in [1.54, 1.807) is 6.92 Å². The Morgan fingerprint density at radius 2 is 2.00 bits per heavy atom. The van der Waals surface area contributed by atoms with Gasteiger partial charge in [0.25, 0.3) is 0 Å². The molecule has 3 heteroatoms. The van der Waals surface area contributed by atoms with Crippen molar-refractivity contribution in [2.75, 3.05) is 0 Å². The van der Waals surface area contributed by atoms with Crippen molar-refractivity contribution in [3.8, 4) is 0 Å². The first-order valence-corrected chi connectivity index (χ1v) is 5.98. The predicted molar refractivity (Wildman–Crippen MR) is 64.1 cm³/mol. The second kappa shape index (κ2) is 5.21. The number of carbonyl (C=O) groups is 1. The smallest absolute Gasteiger partial charge is 0.319 e. The fourth-order valence-corrected chi connectivity index (χ4v) is 2.14. The molecule has 0 heterocycles. The van der Waals surface area contributed by atoms with E-state index in [-0.39, 0.29) is 0 Å². The Morgan fingerprint density at radius 3 is 2.47 bits per heavy atom. The second-order valence-corrected chi connectivity index (χ2v) is 5.14. The van der Waals surface area contributed by atoms with Crippen molar-refractivity contribution < 1.29 is 9.90 Å². The summed E-state index contributed by atoms with van der Waals surface area (Å²) in [6.45, 7) is 3.69. The zero-order chi connectivity index (χ0) is 11.3. The van der Waals surface area contributed by atoms with Gasteiger partial charge in [0, 0.05) is 5.75 Å². The minimum absolute atomic E-state index is 0.639. The van der Waals surface area contributed by atoms with Crippen LogP contribution in [0.15, 0.2) is 30.3 Å². The molecule has 0 aliphatic heterocycles. The van der Waals surface area contributed by atoms with Crippen LogP contribution in [-0.4, -0.2) is 15.8 Å². The van der Waals surface area contributed by atoms with Crippen molar-refractivity contribution >= 4 is 17.7 Å². The molecule has 1 aromatic carbocycles. The third-order valence-corrected chi connectivity index (χ3v) is 4.11. The summed E-state index contributed by atoms with van der Waals surface area (Å²) in [6.07, 6.45) is 0.639. The third kappa shape index (κ3) is 3.27. The van der Waals surface area contributed by atoms with E-state index in [4.69, 9.17) is 5.11 Å². The van der Waals surface area contributed by atoms with Crippen LogP contribution in [0.4, 0.5) is 0 Å². The monoisotopic (exact) mass is 224 g/mol. The van der Waals surface area contributed by atoms with Crippen molar-refractivity contribution in [2.45, 2.75) is 30.8 Å². The van der Waals surface area contributed by atoms with E-state index in [2.05, 4.69) is 0 Å². The van der Waals surface area contributed by atoms with E-state index in [1.165, 1.54) is 17.3 Å². The molecular weight excluding hydrogens is 208 g/mol. The van der Waals surface area contributed by atoms with Crippen LogP contribution >= 0.6 is 11.8 Å². The minimum Gasteiger partial charge on any atom is -0.480 e. The van der Waals surface area contributed by atoms with Crippen LogP contribution in [0.1, 0.15) is 25.8 Å². The Balaban J connectivity index is 2.59. The van der Waals surface area contributed by atoms with Gasteiger partial charge in [-0.15, -0.1) is 11.8 Å². The molecule has 1 atom stereocenters. The molecular formula is C12H16O2S. The number of thioether (sulfide) groups is 1. The second-order valence-electron chi connectivity index (χ2n) is 3.66. The topological polar surface area (TPSA) is 37.3 Å². The Hall–Kier alpha value is -0.960. The maximum atomic E-state index is 11.1. The van der Waals surface area contributed by atoms with Crippen LogP contribution in [0.3, 0.4) is 0 Å². The number of aliphatic carboxylic acids is 1. The maximum Gasteiger partial charge on any atom is 0.319 e. The lowest BCUT2D eigenvalue weighted by atomic mass is 10.1. The van der Waals surface area contributed by atoms with Crippen molar-refractivity contribution in [3.05, 3.63) is 35.9 Å². The Morgan fingerprint density at radius 1 is 1.40 bits per heavy atom. The molecule has 82 valence electrons. The van der Waals surface area contributed by atoms with Crippen LogP contribution in [0.2, 0.25) is 0 Å². The van der Waals surface area contributed by atoms with E-state index >= 15 is 0 Å². The molecule has 0 saturated heterocycles. The molecule has 2 nitrogen and oxygen atoms in total. The molecule has 0 spiro atoms. The summed E-state index contributed by atoms with van der Waals surface area (Å²) in [6, 6.07) is 9.94. The van der Waals surface area contributed by atoms with Gasteiger partial charge in [-0.05, 0) is 18.9 Å². The van der Waals surface area contributed by atoms with Crippen LogP contribution in [0.5, 0.6) is 0 Å². The lowest BCUT2D eigenvalue weighted by Gasteiger charge is -2.22. The zero-order valence-corrected chi connectivity index (χ0v) is 9.88. The number of benzene rings is 1. The number of carboxylic acid groups (broad SMARTS) is 1. The number of carboxylic acids is 1. The summed E-state index contributed by atoms with van der Waals surface area (Å²) in [5, 5.41) is 9.09. The lowest BCUT2D eigenvalue weighted by molar-refractivity contribution is -0.139. The van der Waals surface area contributed by atoms with Gasteiger partial charge in [-0.25, -0.2) is 0 Å². The number of hydrogen-bond acceptors (Lipinski definition) is 2. The van der Waals surface area contributed by atoms with E-state index in [0.717, 1.165) is 5.75 Å². The van der Waals surface area contributed by atoms with Gasteiger partial charge in [0.1, 0.15) is 4.75 Å². The quantitative estimate of drug-likeness (QED) is 0.834. The first kappa shape index (κ1) is 12.1. The molecule has 0 aliphatic carbocycles. The van der Waals surface area contributed by atoms with Crippen molar-refractivity contribution in [2.24, 2.45) is 0 Å². The van der Waals surface area contributed by atoms with Crippen LogP contribution < -0.4 is 0 Å². The van der Waals surface area contributed by atoms with Gasteiger partial charge in [0.15, 0.2) is 0 Å². The molecule has 1 aromatic rings. The summed E-state index contributed by atoms with van der Waals surface area (Å²) in [5.41, 5.74) is 1.17. The molecule has 1 unspecified atom stereocenters. The predicted octanol–water partition coefficient (Wildman–Crippen LogP) is 3.17. The molecule has 0 saturated carbocycles. The van der Waals surface area contributed by atoms with Gasteiger partial charge in [-0.2, -0.15) is 0 Å². The normalized spacial score (nSPS) is 14.5. The maximum absolute atomic E-state index is 11.1. The Bertz CT molecular complexity index is 324. The number of rotatable bonds is 5. The number of hydrogen-bond donors (Lipinski definition) is 1. The third-order valence-electron chi connectivity index (χ3n) is 2.53. The zero-order valence-electron chi connectivity index (χ0n) is 9.06. The summed E-state index contributed by atoms with van der Waals surface area (Å²) in [5.74, 6) is 0.0169. The highest BCUT2D eigenvalue weighted by atomic mass is 32.2. The molecule has 0 amide bonds. The van der Waals surface area contributed by atoms with E-state index in [1.807, 2.05) is 37.3 Å². The van der Waals surface area contributed by atoms with Gasteiger partial charge >= 0.3 is 5.97 Å². The first-order valence-electron chi connectivity index (χ1n) is 5.00. The summed E-state index contributed by atoms with van der Waals surface area (Å²) >= 11 is 1.49. The lowest BCUT2D eigenvalue weighted by Crippen LogP contribution is -2.30.